The van der Waals surface area contributed by atoms with Crippen LogP contribution in [0.15, 0.2) is 24.3 Å². The Morgan fingerprint density at radius 2 is 1.94 bits per heavy atom. The van der Waals surface area contributed by atoms with Crippen LogP contribution in [0.5, 0.6) is 0 Å². The first kappa shape index (κ1) is 11.7. The first-order chi connectivity index (χ1) is 7.65. The minimum absolute atomic E-state index is 0.768. The average molecular weight is 216 g/mol. The maximum absolute atomic E-state index is 2.44. The summed E-state index contributed by atoms with van der Waals surface area (Å²) in [6.45, 7) is 9.59. The summed E-state index contributed by atoms with van der Waals surface area (Å²) < 4.78 is 0. The molecule has 2 rings (SSSR count). The summed E-state index contributed by atoms with van der Waals surface area (Å²) >= 11 is 0. The third kappa shape index (κ3) is 1.90. The normalized spacial score (nSPS) is 30.9. The smallest absolute Gasteiger partial charge is 0.0105 e. The van der Waals surface area contributed by atoms with Crippen LogP contribution in [0.25, 0.3) is 0 Å². The molecule has 1 aromatic carbocycles. The van der Waals surface area contributed by atoms with Gasteiger partial charge in [0.05, 0.1) is 0 Å². The first-order valence-electron chi connectivity index (χ1n) is 6.73. The van der Waals surface area contributed by atoms with Gasteiger partial charge in [-0.3, -0.25) is 0 Å². The number of fused-ring (bicyclic) bond motifs is 1. The summed E-state index contributed by atoms with van der Waals surface area (Å²) in [5.41, 5.74) is 3.22. The summed E-state index contributed by atoms with van der Waals surface area (Å²) in [6, 6.07) is 9.08. The Labute approximate surface area is 100 Å². The highest BCUT2D eigenvalue weighted by Gasteiger charge is 2.33. The van der Waals surface area contributed by atoms with Crippen molar-refractivity contribution in [3.05, 3.63) is 35.4 Å². The van der Waals surface area contributed by atoms with Gasteiger partial charge in [0.1, 0.15) is 0 Å². The molecule has 0 amide bonds. The highest BCUT2D eigenvalue weighted by Crippen LogP contribution is 2.44. The fraction of sp³-hybridized carbons (Fsp3) is 0.625. The largest absolute Gasteiger partial charge is 0.0651 e. The lowest BCUT2D eigenvalue weighted by Gasteiger charge is -2.39. The van der Waals surface area contributed by atoms with Crippen LogP contribution < -0.4 is 0 Å². The van der Waals surface area contributed by atoms with Gasteiger partial charge in [-0.25, -0.2) is 0 Å². The minimum atomic E-state index is 0.768. The minimum Gasteiger partial charge on any atom is -0.0651 e. The Balaban J connectivity index is 2.41. The van der Waals surface area contributed by atoms with E-state index in [2.05, 4.69) is 52.0 Å². The van der Waals surface area contributed by atoms with E-state index in [0.717, 1.165) is 23.7 Å². The van der Waals surface area contributed by atoms with Crippen LogP contribution in [0.2, 0.25) is 0 Å². The Morgan fingerprint density at radius 3 is 2.62 bits per heavy atom. The summed E-state index contributed by atoms with van der Waals surface area (Å²) in [4.78, 5) is 0. The zero-order chi connectivity index (χ0) is 11.7. The van der Waals surface area contributed by atoms with Crippen molar-refractivity contribution in [2.75, 3.05) is 0 Å². The summed E-state index contributed by atoms with van der Waals surface area (Å²) in [5, 5.41) is 0. The van der Waals surface area contributed by atoms with Crippen LogP contribution in [0.4, 0.5) is 0 Å². The average Bonchev–Trinajstić information content (AvgIpc) is 2.30. The van der Waals surface area contributed by atoms with E-state index in [-0.39, 0.29) is 0 Å². The molecule has 0 fully saturated rings. The maximum Gasteiger partial charge on any atom is -0.0105 e. The van der Waals surface area contributed by atoms with Gasteiger partial charge >= 0.3 is 0 Å². The van der Waals surface area contributed by atoms with Gasteiger partial charge in [-0.05, 0) is 41.2 Å². The summed E-state index contributed by atoms with van der Waals surface area (Å²) in [7, 11) is 0. The molecule has 0 aliphatic heterocycles. The summed E-state index contributed by atoms with van der Waals surface area (Å²) in [5.74, 6) is 3.22. The van der Waals surface area contributed by atoms with Crippen molar-refractivity contribution >= 4 is 0 Å². The van der Waals surface area contributed by atoms with Crippen molar-refractivity contribution in [1.82, 2.24) is 0 Å². The molecule has 0 saturated heterocycles. The molecule has 0 radical (unpaired) electrons. The number of hydrogen-bond acceptors (Lipinski definition) is 0. The van der Waals surface area contributed by atoms with Gasteiger partial charge in [0, 0.05) is 0 Å². The highest BCUT2D eigenvalue weighted by molar-refractivity contribution is 5.34. The number of rotatable bonds is 2. The molecular formula is C16H24. The second-order valence-electron chi connectivity index (χ2n) is 5.65. The van der Waals surface area contributed by atoms with Gasteiger partial charge < -0.3 is 0 Å². The molecule has 1 aliphatic rings. The van der Waals surface area contributed by atoms with E-state index >= 15 is 0 Å². The van der Waals surface area contributed by atoms with E-state index in [4.69, 9.17) is 0 Å². The van der Waals surface area contributed by atoms with Crippen molar-refractivity contribution in [2.45, 2.75) is 46.5 Å². The van der Waals surface area contributed by atoms with E-state index in [9.17, 15) is 0 Å². The lowest BCUT2D eigenvalue weighted by atomic mass is 9.66. The van der Waals surface area contributed by atoms with Gasteiger partial charge in [-0.15, -0.1) is 0 Å². The third-order valence-electron chi connectivity index (χ3n) is 4.68. The van der Waals surface area contributed by atoms with Crippen molar-refractivity contribution in [3.8, 4) is 0 Å². The molecule has 88 valence electrons. The zero-order valence-electron chi connectivity index (χ0n) is 11.0. The predicted octanol–water partition coefficient (Wildman–Crippen LogP) is 4.64. The van der Waals surface area contributed by atoms with Crippen molar-refractivity contribution in [2.24, 2.45) is 17.8 Å². The van der Waals surface area contributed by atoms with E-state index in [1.807, 2.05) is 0 Å². The van der Waals surface area contributed by atoms with E-state index in [0.29, 0.717) is 0 Å². The van der Waals surface area contributed by atoms with Crippen LogP contribution in [0, 0.1) is 17.8 Å². The molecule has 0 nitrogen and oxygen atoms in total. The molecule has 4 unspecified atom stereocenters. The van der Waals surface area contributed by atoms with Gasteiger partial charge in [0.2, 0.25) is 0 Å². The van der Waals surface area contributed by atoms with Crippen LogP contribution in [0.1, 0.15) is 51.2 Å². The molecule has 1 aliphatic carbocycles. The van der Waals surface area contributed by atoms with E-state index in [1.165, 1.54) is 12.8 Å². The molecule has 1 aromatic rings. The number of benzene rings is 1. The summed E-state index contributed by atoms with van der Waals surface area (Å²) in [6.07, 6.45) is 2.56. The fourth-order valence-electron chi connectivity index (χ4n) is 3.29. The van der Waals surface area contributed by atoms with Crippen molar-refractivity contribution in [1.29, 1.82) is 0 Å². The molecule has 0 N–H and O–H groups in total. The predicted molar refractivity (Wildman–Crippen MR) is 70.7 cm³/mol. The Bertz CT molecular complexity index is 353. The van der Waals surface area contributed by atoms with Gasteiger partial charge in [-0.2, -0.15) is 0 Å². The lowest BCUT2D eigenvalue weighted by Crippen LogP contribution is -2.29. The monoisotopic (exact) mass is 216 g/mol. The zero-order valence-corrected chi connectivity index (χ0v) is 11.0. The molecule has 0 heterocycles. The lowest BCUT2D eigenvalue weighted by molar-refractivity contribution is 0.239. The standard InChI is InChI=1S/C16H24/c1-5-11(2)16-13(4)12(3)10-14-8-6-7-9-15(14)16/h6-9,11-13,16H,5,10H2,1-4H3. The molecule has 16 heavy (non-hydrogen) atoms. The molecule has 0 aromatic heterocycles. The Morgan fingerprint density at radius 1 is 1.25 bits per heavy atom. The maximum atomic E-state index is 2.44. The second-order valence-corrected chi connectivity index (χ2v) is 5.65. The van der Waals surface area contributed by atoms with Crippen LogP contribution >= 0.6 is 0 Å². The molecule has 0 saturated carbocycles. The van der Waals surface area contributed by atoms with Gasteiger partial charge in [0.25, 0.3) is 0 Å². The molecule has 0 bridgehead atoms. The first-order valence-corrected chi connectivity index (χ1v) is 6.73. The second kappa shape index (κ2) is 4.61. The number of hydrogen-bond donors (Lipinski definition) is 0. The van der Waals surface area contributed by atoms with Crippen LogP contribution in [-0.2, 0) is 6.42 Å². The topological polar surface area (TPSA) is 0 Å². The third-order valence-corrected chi connectivity index (χ3v) is 4.68. The van der Waals surface area contributed by atoms with Gasteiger partial charge in [-0.1, -0.05) is 58.4 Å². The molecular weight excluding hydrogens is 192 g/mol. The Hall–Kier alpha value is -0.780. The molecule has 0 spiro atoms. The quantitative estimate of drug-likeness (QED) is 0.675. The SMILES string of the molecule is CCC(C)C1c2ccccc2CC(C)C1C. The fourth-order valence-corrected chi connectivity index (χ4v) is 3.29. The van der Waals surface area contributed by atoms with Gasteiger partial charge in [0.15, 0.2) is 0 Å². The van der Waals surface area contributed by atoms with Crippen LogP contribution in [0.3, 0.4) is 0 Å². The molecule has 0 heteroatoms. The Kier molecular flexibility index (Phi) is 3.37. The van der Waals surface area contributed by atoms with Crippen LogP contribution in [-0.4, -0.2) is 0 Å². The van der Waals surface area contributed by atoms with Crippen molar-refractivity contribution < 1.29 is 0 Å². The van der Waals surface area contributed by atoms with E-state index < -0.39 is 0 Å². The van der Waals surface area contributed by atoms with Crippen molar-refractivity contribution in [3.63, 3.8) is 0 Å². The highest BCUT2D eigenvalue weighted by atomic mass is 14.4. The molecule has 4 atom stereocenters. The van der Waals surface area contributed by atoms with E-state index in [1.54, 1.807) is 11.1 Å².